The van der Waals surface area contributed by atoms with E-state index in [4.69, 9.17) is 16.3 Å². The van der Waals surface area contributed by atoms with Crippen LogP contribution in [0.2, 0.25) is 5.02 Å². The first kappa shape index (κ1) is 20.3. The van der Waals surface area contributed by atoms with Crippen LogP contribution in [0.5, 0.6) is 0 Å². The Balaban J connectivity index is 1.91. The van der Waals surface area contributed by atoms with Crippen molar-refractivity contribution >= 4 is 33.4 Å². The maximum Gasteiger partial charge on any atom is 0.317 e. The average molecular weight is 414 g/mol. The summed E-state index contributed by atoms with van der Waals surface area (Å²) >= 11 is 5.86. The lowest BCUT2D eigenvalue weighted by molar-refractivity contribution is -0.166. The monoisotopic (exact) mass is 413 g/mol. The van der Waals surface area contributed by atoms with E-state index < -0.39 is 33.6 Å². The Morgan fingerprint density at radius 1 is 1.19 bits per heavy atom. The lowest BCUT2D eigenvalue weighted by Gasteiger charge is -2.46. The van der Waals surface area contributed by atoms with Crippen LogP contribution in [0.25, 0.3) is 0 Å². The molecule has 3 rings (SSSR count). The average Bonchev–Trinajstić information content (AvgIpc) is 2.56. The van der Waals surface area contributed by atoms with Gasteiger partial charge >= 0.3 is 5.97 Å². The molecule has 3 atom stereocenters. The van der Waals surface area contributed by atoms with Gasteiger partial charge in [-0.05, 0) is 70.7 Å². The van der Waals surface area contributed by atoms with E-state index in [9.17, 15) is 18.0 Å². The number of sulfonamides is 1. The summed E-state index contributed by atoms with van der Waals surface area (Å²) in [7, 11) is -3.85. The van der Waals surface area contributed by atoms with Gasteiger partial charge in [0.05, 0.1) is 10.9 Å². The fourth-order valence-electron chi connectivity index (χ4n) is 3.84. The Kier molecular flexibility index (Phi) is 5.40. The molecule has 2 aliphatic heterocycles. The first-order valence-corrected chi connectivity index (χ1v) is 10.9. The van der Waals surface area contributed by atoms with Crippen LogP contribution in [0.4, 0.5) is 0 Å². The number of nitrogens with zero attached hydrogens (tertiary/aromatic N) is 1. The number of carbonyl (C=O) groups is 2. The minimum Gasteiger partial charge on any atom is -0.459 e. The van der Waals surface area contributed by atoms with Gasteiger partial charge in [0.15, 0.2) is 5.78 Å². The van der Waals surface area contributed by atoms with Crippen molar-refractivity contribution in [2.24, 2.45) is 5.92 Å². The topological polar surface area (TPSA) is 80.8 Å². The van der Waals surface area contributed by atoms with Crippen LogP contribution < -0.4 is 0 Å². The minimum atomic E-state index is -3.85. The van der Waals surface area contributed by atoms with Crippen molar-refractivity contribution in [3.05, 3.63) is 29.3 Å². The minimum absolute atomic E-state index is 0.104. The maximum absolute atomic E-state index is 13.2. The van der Waals surface area contributed by atoms with E-state index in [1.54, 1.807) is 20.8 Å². The van der Waals surface area contributed by atoms with Gasteiger partial charge in [0.2, 0.25) is 10.0 Å². The molecule has 1 aromatic rings. The third kappa shape index (κ3) is 4.05. The number of carbonyl (C=O) groups excluding carboxylic acids is 2. The van der Waals surface area contributed by atoms with E-state index >= 15 is 0 Å². The molecule has 8 heteroatoms. The van der Waals surface area contributed by atoms with Crippen molar-refractivity contribution < 1.29 is 22.7 Å². The zero-order valence-corrected chi connectivity index (χ0v) is 17.2. The molecule has 0 aromatic heterocycles. The first-order chi connectivity index (χ1) is 12.5. The predicted octanol–water partition coefficient (Wildman–Crippen LogP) is 3.18. The maximum atomic E-state index is 13.2. The van der Waals surface area contributed by atoms with Gasteiger partial charge in [-0.3, -0.25) is 9.59 Å². The molecule has 0 amide bonds. The number of rotatable bonds is 3. The highest BCUT2D eigenvalue weighted by Crippen LogP contribution is 2.39. The molecular weight excluding hydrogens is 390 g/mol. The molecule has 2 fully saturated rings. The number of halogens is 1. The largest absolute Gasteiger partial charge is 0.459 e. The van der Waals surface area contributed by atoms with Crippen LogP contribution in [0.3, 0.4) is 0 Å². The van der Waals surface area contributed by atoms with Crippen molar-refractivity contribution in [1.82, 2.24) is 4.31 Å². The summed E-state index contributed by atoms with van der Waals surface area (Å²) in [4.78, 5) is 25.6. The van der Waals surface area contributed by atoms with E-state index in [-0.39, 0.29) is 23.1 Å². The molecule has 27 heavy (non-hydrogen) atoms. The van der Waals surface area contributed by atoms with Crippen LogP contribution in [0.1, 0.15) is 46.5 Å². The zero-order valence-electron chi connectivity index (χ0n) is 15.6. The predicted molar refractivity (Wildman–Crippen MR) is 101 cm³/mol. The molecule has 0 radical (unpaired) electrons. The molecule has 2 saturated heterocycles. The van der Waals surface area contributed by atoms with Gasteiger partial charge in [0.1, 0.15) is 11.5 Å². The van der Waals surface area contributed by atoms with Gasteiger partial charge in [0, 0.05) is 11.1 Å². The van der Waals surface area contributed by atoms with Gasteiger partial charge < -0.3 is 4.74 Å². The number of esters is 1. The van der Waals surface area contributed by atoms with Gasteiger partial charge in [0.25, 0.3) is 0 Å². The van der Waals surface area contributed by atoms with E-state index in [0.717, 1.165) is 6.42 Å². The second-order valence-corrected chi connectivity index (χ2v) is 10.4. The van der Waals surface area contributed by atoms with Crippen molar-refractivity contribution in [1.29, 1.82) is 0 Å². The van der Waals surface area contributed by atoms with Crippen LogP contribution in [-0.2, 0) is 24.3 Å². The first-order valence-electron chi connectivity index (χ1n) is 9.06. The summed E-state index contributed by atoms with van der Waals surface area (Å²) in [5.41, 5.74) is -0.695. The summed E-state index contributed by atoms with van der Waals surface area (Å²) in [5.74, 6) is -1.83. The third-order valence-corrected chi connectivity index (χ3v) is 7.17. The molecule has 1 aromatic carbocycles. The fraction of sp³-hybridized carbons (Fsp3) is 0.579. The normalized spacial score (nSPS) is 26.7. The second-order valence-electron chi connectivity index (χ2n) is 8.11. The molecule has 2 aliphatic rings. The molecule has 148 valence electrons. The van der Waals surface area contributed by atoms with E-state index in [1.807, 2.05) is 0 Å². The summed E-state index contributed by atoms with van der Waals surface area (Å²) in [6, 6.07) is 4.70. The van der Waals surface area contributed by atoms with Crippen LogP contribution in [0.15, 0.2) is 29.2 Å². The highest BCUT2D eigenvalue weighted by Gasteiger charge is 2.52. The Morgan fingerprint density at radius 2 is 1.81 bits per heavy atom. The summed E-state index contributed by atoms with van der Waals surface area (Å²) in [6.45, 7) is 5.24. The molecule has 2 heterocycles. The number of hydrogen-bond donors (Lipinski definition) is 0. The number of fused-ring (bicyclic) bond motifs is 2. The fourth-order valence-corrected chi connectivity index (χ4v) is 5.82. The summed E-state index contributed by atoms with van der Waals surface area (Å²) in [6.07, 6.45) is 1.96. The van der Waals surface area contributed by atoms with Crippen molar-refractivity contribution in [3.8, 4) is 0 Å². The highest BCUT2D eigenvalue weighted by atomic mass is 35.5. The van der Waals surface area contributed by atoms with Crippen molar-refractivity contribution in [3.63, 3.8) is 0 Å². The van der Waals surface area contributed by atoms with E-state index in [2.05, 4.69) is 0 Å². The molecule has 0 N–H and O–H groups in total. The molecular formula is C19H24ClNO5S. The number of ether oxygens (including phenoxy) is 1. The molecule has 2 bridgehead atoms. The van der Waals surface area contributed by atoms with Gasteiger partial charge in [-0.25, -0.2) is 8.42 Å². The zero-order chi connectivity index (χ0) is 20.0. The van der Waals surface area contributed by atoms with Crippen LogP contribution in [-0.4, -0.2) is 42.2 Å². The number of piperidine rings is 2. The van der Waals surface area contributed by atoms with Gasteiger partial charge in [-0.1, -0.05) is 11.6 Å². The number of Topliss-reactive ketones (excluding diaryl/α,β-unsaturated/α-hetero) is 1. The van der Waals surface area contributed by atoms with E-state index in [0.29, 0.717) is 17.9 Å². The molecule has 0 saturated carbocycles. The van der Waals surface area contributed by atoms with Gasteiger partial charge in [-0.15, -0.1) is 0 Å². The lowest BCUT2D eigenvalue weighted by atomic mass is 9.79. The quantitative estimate of drug-likeness (QED) is 0.561. The molecule has 0 spiro atoms. The standard InChI is InChI=1S/C19H24ClNO5S/c1-19(2,3)26-18(23)15-11-13-5-4-6-16(17(15)22)21(13)27(24,25)14-9-7-12(20)8-10-14/h7-10,13,15-16H,4-6,11H2,1-3H3. The SMILES string of the molecule is CC(C)(C)OC(=O)C1CC2CCCC(C1=O)N2S(=O)(=O)c1ccc(Cl)cc1. The van der Waals surface area contributed by atoms with Crippen molar-refractivity contribution in [2.75, 3.05) is 0 Å². The third-order valence-electron chi connectivity index (χ3n) is 4.94. The second kappa shape index (κ2) is 7.18. The van der Waals surface area contributed by atoms with Crippen molar-refractivity contribution in [2.45, 2.75) is 69.0 Å². The van der Waals surface area contributed by atoms with E-state index in [1.165, 1.54) is 28.6 Å². The Labute approximate surface area is 164 Å². The van der Waals surface area contributed by atoms with Gasteiger partial charge in [-0.2, -0.15) is 4.31 Å². The molecule has 3 unspecified atom stereocenters. The van der Waals surface area contributed by atoms with Crippen LogP contribution in [0, 0.1) is 5.92 Å². The smallest absolute Gasteiger partial charge is 0.317 e. The van der Waals surface area contributed by atoms with Crippen LogP contribution >= 0.6 is 11.6 Å². The molecule has 6 nitrogen and oxygen atoms in total. The molecule has 0 aliphatic carbocycles. The number of benzene rings is 1. The highest BCUT2D eigenvalue weighted by molar-refractivity contribution is 7.89. The lowest BCUT2D eigenvalue weighted by Crippen LogP contribution is -2.60. The number of ketones is 1. The Bertz CT molecular complexity index is 844. The summed E-state index contributed by atoms with van der Waals surface area (Å²) in [5, 5.41) is 0.439. The Morgan fingerprint density at radius 3 is 2.41 bits per heavy atom. The summed E-state index contributed by atoms with van der Waals surface area (Å²) < 4.78 is 33.1. The number of hydrogen-bond acceptors (Lipinski definition) is 5. The Hall–Kier alpha value is -1.44.